The Hall–Kier alpha value is -1.91. The zero-order valence-electron chi connectivity index (χ0n) is 11.0. The lowest BCUT2D eigenvalue weighted by atomic mass is 9.89. The van der Waals surface area contributed by atoms with E-state index in [0.29, 0.717) is 0 Å². The van der Waals surface area contributed by atoms with Gasteiger partial charge in [-0.3, -0.25) is 0 Å². The number of hydrogen-bond donors (Lipinski definition) is 1. The Morgan fingerprint density at radius 1 is 1.11 bits per heavy atom. The van der Waals surface area contributed by atoms with Crippen molar-refractivity contribution < 1.29 is 0 Å². The quantitative estimate of drug-likeness (QED) is 0.915. The topological polar surface area (TPSA) is 55.6 Å². The maximum absolute atomic E-state index is 4.07. The van der Waals surface area contributed by atoms with Crippen molar-refractivity contribution >= 4 is 5.95 Å². The number of anilines is 1. The van der Waals surface area contributed by atoms with Crippen molar-refractivity contribution in [1.29, 1.82) is 0 Å². The molecule has 19 heavy (non-hydrogen) atoms. The minimum Gasteiger partial charge on any atom is -0.352 e. The Bertz CT molecular complexity index is 502. The van der Waals surface area contributed by atoms with Crippen LogP contribution in [0.25, 0.3) is 5.69 Å². The Morgan fingerprint density at radius 2 is 1.89 bits per heavy atom. The molecule has 1 N–H and O–H groups in total. The fourth-order valence-electron chi connectivity index (χ4n) is 2.67. The third kappa shape index (κ3) is 2.92. The van der Waals surface area contributed by atoms with Crippen molar-refractivity contribution in [1.82, 2.24) is 20.2 Å². The first kappa shape index (κ1) is 12.1. The van der Waals surface area contributed by atoms with Gasteiger partial charge in [0.05, 0.1) is 5.69 Å². The molecule has 5 heteroatoms. The van der Waals surface area contributed by atoms with Crippen molar-refractivity contribution in [2.24, 2.45) is 5.92 Å². The Morgan fingerprint density at radius 3 is 2.68 bits per heavy atom. The zero-order chi connectivity index (χ0) is 12.9. The largest absolute Gasteiger partial charge is 0.352 e. The monoisotopic (exact) mass is 257 g/mol. The number of tetrazole rings is 1. The van der Waals surface area contributed by atoms with E-state index in [2.05, 4.69) is 20.8 Å². The van der Waals surface area contributed by atoms with Crippen molar-refractivity contribution in [2.75, 3.05) is 11.9 Å². The van der Waals surface area contributed by atoms with E-state index in [4.69, 9.17) is 0 Å². The summed E-state index contributed by atoms with van der Waals surface area (Å²) in [4.78, 5) is 0. The lowest BCUT2D eigenvalue weighted by Crippen LogP contribution is -2.19. The highest BCUT2D eigenvalue weighted by atomic mass is 15.6. The van der Waals surface area contributed by atoms with Gasteiger partial charge in [-0.2, -0.15) is 4.68 Å². The molecule has 5 nitrogen and oxygen atoms in total. The van der Waals surface area contributed by atoms with Crippen LogP contribution in [0.5, 0.6) is 0 Å². The van der Waals surface area contributed by atoms with E-state index in [-0.39, 0.29) is 0 Å². The molecule has 3 rings (SSSR count). The second-order valence-electron chi connectivity index (χ2n) is 5.13. The van der Waals surface area contributed by atoms with Crippen molar-refractivity contribution in [3.63, 3.8) is 0 Å². The molecule has 0 spiro atoms. The van der Waals surface area contributed by atoms with Gasteiger partial charge in [0.25, 0.3) is 0 Å². The van der Waals surface area contributed by atoms with Crippen LogP contribution in [-0.4, -0.2) is 26.8 Å². The molecule has 1 aliphatic carbocycles. The molecule has 0 amide bonds. The van der Waals surface area contributed by atoms with Crippen molar-refractivity contribution in [2.45, 2.75) is 32.1 Å². The predicted molar refractivity (Wildman–Crippen MR) is 74.2 cm³/mol. The van der Waals surface area contributed by atoms with E-state index >= 15 is 0 Å². The summed E-state index contributed by atoms with van der Waals surface area (Å²) >= 11 is 0. The van der Waals surface area contributed by atoms with Crippen LogP contribution in [0.1, 0.15) is 32.1 Å². The molecule has 1 aromatic carbocycles. The first-order valence-electron chi connectivity index (χ1n) is 7.01. The Balaban J connectivity index is 1.67. The number of rotatable bonds is 4. The summed E-state index contributed by atoms with van der Waals surface area (Å²) in [6, 6.07) is 9.97. The van der Waals surface area contributed by atoms with Gasteiger partial charge in [-0.25, -0.2) is 0 Å². The summed E-state index contributed by atoms with van der Waals surface area (Å²) in [6.45, 7) is 0.965. The maximum Gasteiger partial charge on any atom is 0.247 e. The van der Waals surface area contributed by atoms with Gasteiger partial charge in [-0.05, 0) is 41.3 Å². The first-order chi connectivity index (χ1) is 9.43. The van der Waals surface area contributed by atoms with E-state index in [1.807, 2.05) is 30.3 Å². The molecular formula is C14H19N5. The van der Waals surface area contributed by atoms with Crippen LogP contribution < -0.4 is 5.32 Å². The summed E-state index contributed by atoms with van der Waals surface area (Å²) in [7, 11) is 0. The van der Waals surface area contributed by atoms with E-state index in [1.165, 1.54) is 32.1 Å². The smallest absolute Gasteiger partial charge is 0.247 e. The van der Waals surface area contributed by atoms with Gasteiger partial charge in [0.2, 0.25) is 5.95 Å². The summed E-state index contributed by atoms with van der Waals surface area (Å²) in [6.07, 6.45) is 6.74. The van der Waals surface area contributed by atoms with Gasteiger partial charge < -0.3 is 5.32 Å². The Kier molecular flexibility index (Phi) is 3.72. The van der Waals surface area contributed by atoms with Gasteiger partial charge in [-0.1, -0.05) is 42.6 Å². The number of nitrogens with zero attached hydrogens (tertiary/aromatic N) is 4. The third-order valence-corrected chi connectivity index (χ3v) is 3.74. The summed E-state index contributed by atoms with van der Waals surface area (Å²) in [5, 5.41) is 15.3. The minimum absolute atomic E-state index is 0.733. The molecule has 2 aromatic rings. The molecule has 0 saturated heterocycles. The molecule has 1 saturated carbocycles. The standard InChI is InChI=1S/C14H19N5/c1-3-7-12(8-4-1)11-15-14-16-17-18-19(14)13-9-5-2-6-10-13/h2,5-6,9-10,12H,1,3-4,7-8,11H2,(H,15,16,18). The molecule has 0 bridgehead atoms. The molecular weight excluding hydrogens is 238 g/mol. The number of hydrogen-bond acceptors (Lipinski definition) is 4. The van der Waals surface area contributed by atoms with Crippen LogP contribution in [0.2, 0.25) is 0 Å². The maximum atomic E-state index is 4.07. The van der Waals surface area contributed by atoms with E-state index in [9.17, 15) is 0 Å². The van der Waals surface area contributed by atoms with Crippen LogP contribution in [0.15, 0.2) is 30.3 Å². The Labute approximate surface area is 113 Å². The summed E-state index contributed by atoms with van der Waals surface area (Å²) in [5.41, 5.74) is 0.985. The van der Waals surface area contributed by atoms with E-state index in [1.54, 1.807) is 4.68 Å². The highest BCUT2D eigenvalue weighted by Gasteiger charge is 2.15. The van der Waals surface area contributed by atoms with Gasteiger partial charge in [0.1, 0.15) is 0 Å². The molecule has 0 radical (unpaired) electrons. The van der Waals surface area contributed by atoms with Crippen LogP contribution in [0.4, 0.5) is 5.95 Å². The van der Waals surface area contributed by atoms with Crippen molar-refractivity contribution in [3.8, 4) is 5.69 Å². The van der Waals surface area contributed by atoms with E-state index in [0.717, 1.165) is 24.1 Å². The molecule has 0 unspecified atom stereocenters. The van der Waals surface area contributed by atoms with Gasteiger partial charge in [0, 0.05) is 6.54 Å². The number of nitrogens with one attached hydrogen (secondary N) is 1. The van der Waals surface area contributed by atoms with Crippen molar-refractivity contribution in [3.05, 3.63) is 30.3 Å². The number of aromatic nitrogens is 4. The highest BCUT2D eigenvalue weighted by molar-refractivity contribution is 5.38. The minimum atomic E-state index is 0.733. The first-order valence-corrected chi connectivity index (χ1v) is 7.01. The lowest BCUT2D eigenvalue weighted by molar-refractivity contribution is 0.373. The molecule has 1 aliphatic rings. The lowest BCUT2D eigenvalue weighted by Gasteiger charge is -2.21. The molecule has 0 aliphatic heterocycles. The highest BCUT2D eigenvalue weighted by Crippen LogP contribution is 2.23. The fraction of sp³-hybridized carbons (Fsp3) is 0.500. The fourth-order valence-corrected chi connectivity index (χ4v) is 2.67. The normalized spacial score (nSPS) is 16.4. The van der Waals surface area contributed by atoms with Crippen LogP contribution in [-0.2, 0) is 0 Å². The average molecular weight is 257 g/mol. The molecule has 1 aromatic heterocycles. The predicted octanol–water partition coefficient (Wildman–Crippen LogP) is 2.65. The number of para-hydroxylation sites is 1. The summed E-state index contributed by atoms with van der Waals surface area (Å²) in [5.74, 6) is 1.49. The molecule has 100 valence electrons. The van der Waals surface area contributed by atoms with E-state index < -0.39 is 0 Å². The average Bonchev–Trinajstić information content (AvgIpc) is 2.95. The van der Waals surface area contributed by atoms with Crippen LogP contribution in [0.3, 0.4) is 0 Å². The molecule has 1 fully saturated rings. The van der Waals surface area contributed by atoms with Crippen LogP contribution in [0, 0.1) is 5.92 Å². The van der Waals surface area contributed by atoms with Gasteiger partial charge in [-0.15, -0.1) is 0 Å². The number of benzene rings is 1. The second kappa shape index (κ2) is 5.82. The summed E-state index contributed by atoms with van der Waals surface area (Å²) < 4.78 is 1.75. The molecule has 0 atom stereocenters. The third-order valence-electron chi connectivity index (χ3n) is 3.74. The van der Waals surface area contributed by atoms with Gasteiger partial charge >= 0.3 is 0 Å². The van der Waals surface area contributed by atoms with Gasteiger partial charge in [0.15, 0.2) is 0 Å². The zero-order valence-corrected chi connectivity index (χ0v) is 11.0. The SMILES string of the molecule is c1ccc(-n2nnnc2NCC2CCCCC2)cc1. The van der Waals surface area contributed by atoms with Crippen LogP contribution >= 0.6 is 0 Å². The second-order valence-corrected chi connectivity index (χ2v) is 5.13. The molecule has 1 heterocycles.